The summed E-state index contributed by atoms with van der Waals surface area (Å²) in [5, 5.41) is 0. The number of nitrogens with zero attached hydrogens (tertiary/aromatic N) is 3. The van der Waals surface area contributed by atoms with E-state index in [0.717, 1.165) is 17.7 Å². The molecule has 0 aliphatic carbocycles. The highest BCUT2D eigenvalue weighted by molar-refractivity contribution is 5.98. The van der Waals surface area contributed by atoms with Gasteiger partial charge < -0.3 is 10.6 Å². The van der Waals surface area contributed by atoms with Gasteiger partial charge in [-0.25, -0.2) is 27.8 Å². The number of aryl methyl sites for hydroxylation is 1. The summed E-state index contributed by atoms with van der Waals surface area (Å²) < 4.78 is 42.3. The number of urea groups is 1. The average Bonchev–Trinajstić information content (AvgIpc) is 2.65. The summed E-state index contributed by atoms with van der Waals surface area (Å²) in [5.41, 5.74) is 7.35. The fraction of sp³-hybridized carbons (Fsp3) is 0.182. The molecule has 0 fully saturated rings. The zero-order valence-corrected chi connectivity index (χ0v) is 16.8. The lowest BCUT2D eigenvalue weighted by Gasteiger charge is -2.23. The van der Waals surface area contributed by atoms with Crippen LogP contribution in [0.2, 0.25) is 0 Å². The van der Waals surface area contributed by atoms with Crippen molar-refractivity contribution in [3.63, 3.8) is 0 Å². The first-order chi connectivity index (χ1) is 14.2. The van der Waals surface area contributed by atoms with Gasteiger partial charge in [0.2, 0.25) is 0 Å². The Morgan fingerprint density at radius 2 is 1.70 bits per heavy atom. The monoisotopic (exact) mass is 414 g/mol. The summed E-state index contributed by atoms with van der Waals surface area (Å²) >= 11 is 0. The number of nitrogens with two attached hydrogens (primary N) is 1. The molecule has 5 nitrogen and oxygen atoms in total. The largest absolute Gasteiger partial charge is 0.351 e. The van der Waals surface area contributed by atoms with Gasteiger partial charge in [0.1, 0.15) is 29.0 Å². The van der Waals surface area contributed by atoms with Gasteiger partial charge >= 0.3 is 6.03 Å². The van der Waals surface area contributed by atoms with Crippen LogP contribution < -0.4 is 10.6 Å². The van der Waals surface area contributed by atoms with E-state index in [1.165, 1.54) is 24.3 Å². The quantitative estimate of drug-likeness (QED) is 0.655. The molecule has 0 aliphatic heterocycles. The number of hydrogen-bond acceptors (Lipinski definition) is 3. The van der Waals surface area contributed by atoms with Crippen molar-refractivity contribution in [2.24, 2.45) is 5.73 Å². The molecular formula is C22H21F3N4O. The third-order valence-electron chi connectivity index (χ3n) is 4.50. The number of amides is 2. The molecule has 1 aromatic heterocycles. The van der Waals surface area contributed by atoms with Crippen molar-refractivity contribution in [1.29, 1.82) is 0 Å². The number of para-hydroxylation sites is 1. The lowest BCUT2D eigenvalue weighted by Crippen LogP contribution is -2.33. The first kappa shape index (κ1) is 21.3. The molecule has 156 valence electrons. The smallest absolute Gasteiger partial charge is 0.325 e. The van der Waals surface area contributed by atoms with E-state index in [1.54, 1.807) is 19.1 Å². The maximum absolute atomic E-state index is 14.4. The first-order valence-corrected chi connectivity index (χ1v) is 9.13. The van der Waals surface area contributed by atoms with Crippen LogP contribution in [0.15, 0.2) is 48.5 Å². The Balaban J connectivity index is 2.24. The van der Waals surface area contributed by atoms with E-state index in [9.17, 15) is 18.0 Å². The Bertz CT molecular complexity index is 1080. The van der Waals surface area contributed by atoms with Crippen LogP contribution in [0, 0.1) is 24.4 Å². The van der Waals surface area contributed by atoms with Crippen molar-refractivity contribution in [1.82, 2.24) is 9.88 Å². The highest BCUT2D eigenvalue weighted by atomic mass is 19.1. The molecule has 0 atom stereocenters. The molecule has 0 unspecified atom stereocenters. The number of benzene rings is 2. The minimum Gasteiger partial charge on any atom is -0.351 e. The molecule has 0 radical (unpaired) electrons. The van der Waals surface area contributed by atoms with Crippen LogP contribution >= 0.6 is 0 Å². The minimum absolute atomic E-state index is 0.0484. The van der Waals surface area contributed by atoms with Gasteiger partial charge in [0.05, 0.1) is 5.69 Å². The lowest BCUT2D eigenvalue weighted by atomic mass is 10.0. The van der Waals surface area contributed by atoms with Crippen LogP contribution in [0.3, 0.4) is 0 Å². The molecule has 8 heteroatoms. The van der Waals surface area contributed by atoms with Crippen LogP contribution in [0.4, 0.5) is 29.5 Å². The van der Waals surface area contributed by atoms with E-state index in [1.807, 2.05) is 19.0 Å². The van der Waals surface area contributed by atoms with Crippen molar-refractivity contribution in [2.75, 3.05) is 19.0 Å². The Morgan fingerprint density at radius 1 is 1.03 bits per heavy atom. The Morgan fingerprint density at radius 3 is 2.27 bits per heavy atom. The summed E-state index contributed by atoms with van der Waals surface area (Å²) in [4.78, 5) is 19.3. The molecule has 2 aromatic carbocycles. The van der Waals surface area contributed by atoms with Gasteiger partial charge in [-0.05, 0) is 68.5 Å². The van der Waals surface area contributed by atoms with Crippen molar-refractivity contribution in [2.45, 2.75) is 13.5 Å². The van der Waals surface area contributed by atoms with Crippen LogP contribution in [0.25, 0.3) is 11.3 Å². The van der Waals surface area contributed by atoms with Gasteiger partial charge in [0, 0.05) is 12.1 Å². The second kappa shape index (κ2) is 8.54. The average molecular weight is 414 g/mol. The predicted octanol–water partition coefficient (Wildman–Crippen LogP) is 4.75. The summed E-state index contributed by atoms with van der Waals surface area (Å²) in [6, 6.07) is 9.58. The highest BCUT2D eigenvalue weighted by Crippen LogP contribution is 2.33. The molecule has 0 saturated carbocycles. The molecule has 0 aliphatic rings. The summed E-state index contributed by atoms with van der Waals surface area (Å²) in [6.07, 6.45) is 0. The van der Waals surface area contributed by atoms with Crippen molar-refractivity contribution >= 4 is 17.5 Å². The standard InChI is InChI=1S/C22H21F3N4O/c1-13-11-15(23)8-9-16(13)20-14(12-28(2)3)7-10-19(27-20)29(22(26)30)21-17(24)5-4-6-18(21)25/h4-11H,12H2,1-3H3,(H2,26,30). The van der Waals surface area contributed by atoms with E-state index in [4.69, 9.17) is 5.73 Å². The van der Waals surface area contributed by atoms with E-state index in [2.05, 4.69) is 4.98 Å². The fourth-order valence-corrected chi connectivity index (χ4v) is 3.24. The van der Waals surface area contributed by atoms with E-state index in [-0.39, 0.29) is 5.82 Å². The molecule has 2 amide bonds. The Labute approximate surface area is 172 Å². The van der Waals surface area contributed by atoms with Crippen LogP contribution in [0.1, 0.15) is 11.1 Å². The van der Waals surface area contributed by atoms with Crippen molar-refractivity contribution in [3.8, 4) is 11.3 Å². The van der Waals surface area contributed by atoms with E-state index >= 15 is 0 Å². The van der Waals surface area contributed by atoms with Gasteiger partial charge in [-0.3, -0.25) is 0 Å². The number of primary amides is 1. The normalized spacial score (nSPS) is 11.0. The van der Waals surface area contributed by atoms with Gasteiger partial charge in [-0.1, -0.05) is 12.1 Å². The Hall–Kier alpha value is -3.39. The number of rotatable bonds is 5. The number of aromatic nitrogens is 1. The fourth-order valence-electron chi connectivity index (χ4n) is 3.24. The number of halogens is 3. The van der Waals surface area contributed by atoms with Gasteiger partial charge in [-0.15, -0.1) is 0 Å². The number of carbonyl (C=O) groups excluding carboxylic acids is 1. The maximum atomic E-state index is 14.4. The first-order valence-electron chi connectivity index (χ1n) is 9.13. The maximum Gasteiger partial charge on any atom is 0.325 e. The minimum atomic E-state index is -1.09. The van der Waals surface area contributed by atoms with Crippen LogP contribution in [-0.2, 0) is 6.54 Å². The molecule has 0 saturated heterocycles. The van der Waals surface area contributed by atoms with E-state index in [0.29, 0.717) is 28.3 Å². The van der Waals surface area contributed by atoms with Crippen molar-refractivity contribution < 1.29 is 18.0 Å². The SMILES string of the molecule is Cc1cc(F)ccc1-c1nc(N(C(N)=O)c2c(F)cccc2F)ccc1CN(C)C. The summed E-state index contributed by atoms with van der Waals surface area (Å²) in [6.45, 7) is 2.23. The zero-order chi connectivity index (χ0) is 22.0. The van der Waals surface area contributed by atoms with Crippen molar-refractivity contribution in [3.05, 3.63) is 77.1 Å². The van der Waals surface area contributed by atoms with Gasteiger partial charge in [-0.2, -0.15) is 0 Å². The molecule has 0 spiro atoms. The van der Waals surface area contributed by atoms with E-state index < -0.39 is 29.2 Å². The number of hydrogen-bond donors (Lipinski definition) is 1. The molecular weight excluding hydrogens is 393 g/mol. The second-order valence-electron chi connectivity index (χ2n) is 7.12. The molecule has 3 aromatic rings. The molecule has 0 bridgehead atoms. The van der Waals surface area contributed by atoms with Gasteiger partial charge in [0.15, 0.2) is 0 Å². The highest BCUT2D eigenvalue weighted by Gasteiger charge is 2.25. The predicted molar refractivity (Wildman–Crippen MR) is 110 cm³/mol. The lowest BCUT2D eigenvalue weighted by molar-refractivity contribution is 0.255. The number of carbonyl (C=O) groups is 1. The summed E-state index contributed by atoms with van der Waals surface area (Å²) in [5.74, 6) is -2.35. The van der Waals surface area contributed by atoms with Crippen LogP contribution in [0.5, 0.6) is 0 Å². The third-order valence-corrected chi connectivity index (χ3v) is 4.50. The molecule has 3 rings (SSSR count). The summed E-state index contributed by atoms with van der Waals surface area (Å²) in [7, 11) is 3.75. The molecule has 1 heterocycles. The number of pyridine rings is 1. The third kappa shape index (κ3) is 4.28. The Kier molecular flexibility index (Phi) is 6.07. The number of anilines is 2. The second-order valence-corrected chi connectivity index (χ2v) is 7.12. The topological polar surface area (TPSA) is 62.5 Å². The van der Waals surface area contributed by atoms with Crippen LogP contribution in [-0.4, -0.2) is 30.0 Å². The zero-order valence-electron chi connectivity index (χ0n) is 16.8. The molecule has 30 heavy (non-hydrogen) atoms. The molecule has 2 N–H and O–H groups in total. The van der Waals surface area contributed by atoms with Gasteiger partial charge in [0.25, 0.3) is 0 Å².